The first kappa shape index (κ1) is 17.3. The van der Waals surface area contributed by atoms with E-state index in [1.165, 1.54) is 5.32 Å². The minimum absolute atomic E-state index is 0.511. The van der Waals surface area contributed by atoms with Crippen molar-refractivity contribution >= 4 is 23.2 Å². The van der Waals surface area contributed by atoms with Gasteiger partial charge in [0.2, 0.25) is 0 Å². The van der Waals surface area contributed by atoms with Crippen molar-refractivity contribution in [2.75, 3.05) is 5.32 Å². The quantitative estimate of drug-likeness (QED) is 0.840. The molecule has 1 N–H and O–H groups in total. The Labute approximate surface area is 117 Å². The van der Waals surface area contributed by atoms with Gasteiger partial charge in [-0.05, 0) is 18.2 Å². The molecule has 21 heavy (non-hydrogen) atoms. The molecule has 0 atom stereocenters. The van der Waals surface area contributed by atoms with E-state index in [2.05, 4.69) is 4.74 Å². The van der Waals surface area contributed by atoms with Gasteiger partial charge in [-0.25, -0.2) is 0 Å². The molecule has 0 unspecified atom stereocenters. The van der Waals surface area contributed by atoms with Crippen molar-refractivity contribution in [3.63, 3.8) is 0 Å². The minimum atomic E-state index is -6.07. The lowest BCUT2D eigenvalue weighted by molar-refractivity contribution is -0.267. The fourth-order valence-electron chi connectivity index (χ4n) is 1.11. The Morgan fingerprint density at radius 3 is 2.19 bits per heavy atom. The standard InChI is InChI=1S/C10H5ClF7NO2/c11-5-3-4(1-2-6(5)21-8(12)13)19-7(20)9(14,15)10(16,17)18/h1-3,8H,(H,19,20). The molecule has 1 amide bonds. The molecular formula is C10H5ClF7NO2. The molecular weight excluding hydrogens is 335 g/mol. The van der Waals surface area contributed by atoms with E-state index in [0.29, 0.717) is 6.07 Å². The van der Waals surface area contributed by atoms with Crippen molar-refractivity contribution in [3.8, 4) is 5.75 Å². The van der Waals surface area contributed by atoms with Crippen LogP contribution in [0.25, 0.3) is 0 Å². The van der Waals surface area contributed by atoms with Crippen molar-refractivity contribution in [2.45, 2.75) is 18.7 Å². The Morgan fingerprint density at radius 2 is 1.76 bits per heavy atom. The number of ether oxygens (including phenoxy) is 1. The van der Waals surface area contributed by atoms with E-state index in [-0.39, 0.29) is 0 Å². The van der Waals surface area contributed by atoms with Gasteiger partial charge in [-0.3, -0.25) is 4.79 Å². The van der Waals surface area contributed by atoms with Gasteiger partial charge >= 0.3 is 24.6 Å². The van der Waals surface area contributed by atoms with Crippen molar-refractivity contribution in [3.05, 3.63) is 23.2 Å². The molecule has 3 nitrogen and oxygen atoms in total. The maximum absolute atomic E-state index is 12.7. The third-order valence-corrected chi connectivity index (χ3v) is 2.34. The highest BCUT2D eigenvalue weighted by atomic mass is 35.5. The SMILES string of the molecule is O=C(Nc1ccc(OC(F)F)c(Cl)c1)C(F)(F)C(F)(F)F. The fourth-order valence-corrected chi connectivity index (χ4v) is 1.33. The number of nitrogens with one attached hydrogen (secondary N) is 1. The Kier molecular flexibility index (Phi) is 4.92. The van der Waals surface area contributed by atoms with Crippen molar-refractivity contribution in [2.24, 2.45) is 0 Å². The summed E-state index contributed by atoms with van der Waals surface area (Å²) in [4.78, 5) is 10.9. The molecule has 0 aliphatic carbocycles. The highest BCUT2D eigenvalue weighted by Crippen LogP contribution is 2.37. The largest absolute Gasteiger partial charge is 0.463 e. The molecule has 11 heteroatoms. The van der Waals surface area contributed by atoms with E-state index in [1.807, 2.05) is 0 Å². The van der Waals surface area contributed by atoms with Crippen LogP contribution in [0.5, 0.6) is 5.75 Å². The number of carbonyl (C=O) groups is 1. The van der Waals surface area contributed by atoms with Gasteiger partial charge in [0.15, 0.2) is 0 Å². The van der Waals surface area contributed by atoms with Crippen LogP contribution in [0.15, 0.2) is 18.2 Å². The normalized spacial score (nSPS) is 12.4. The van der Waals surface area contributed by atoms with Crippen LogP contribution in [-0.4, -0.2) is 24.6 Å². The summed E-state index contributed by atoms with van der Waals surface area (Å²) in [7, 11) is 0. The third kappa shape index (κ3) is 4.13. The Bertz CT molecular complexity index is 533. The van der Waals surface area contributed by atoms with Crippen LogP contribution in [0, 0.1) is 0 Å². The number of benzene rings is 1. The zero-order chi connectivity index (χ0) is 16.4. The highest BCUT2D eigenvalue weighted by Gasteiger charge is 2.63. The van der Waals surface area contributed by atoms with Gasteiger partial charge in [-0.15, -0.1) is 0 Å². The molecule has 0 spiro atoms. The average molecular weight is 340 g/mol. The van der Waals surface area contributed by atoms with Crippen LogP contribution in [0.4, 0.5) is 36.4 Å². The molecule has 0 aliphatic heterocycles. The first-order valence-electron chi connectivity index (χ1n) is 4.95. The Morgan fingerprint density at radius 1 is 1.19 bits per heavy atom. The predicted octanol–water partition coefficient (Wildman–Crippen LogP) is 4.08. The van der Waals surface area contributed by atoms with Crippen LogP contribution >= 0.6 is 11.6 Å². The number of hydrogen-bond acceptors (Lipinski definition) is 2. The topological polar surface area (TPSA) is 38.3 Å². The van der Waals surface area contributed by atoms with E-state index in [1.54, 1.807) is 0 Å². The Hall–Kier alpha value is -1.71. The summed E-state index contributed by atoms with van der Waals surface area (Å²) >= 11 is 5.44. The molecule has 0 heterocycles. The first-order chi connectivity index (χ1) is 9.45. The van der Waals surface area contributed by atoms with Gasteiger partial charge in [0, 0.05) is 5.69 Å². The zero-order valence-electron chi connectivity index (χ0n) is 9.65. The van der Waals surface area contributed by atoms with Gasteiger partial charge in [-0.1, -0.05) is 11.6 Å². The molecule has 1 aromatic rings. The second-order valence-corrected chi connectivity index (χ2v) is 3.96. The van der Waals surface area contributed by atoms with E-state index < -0.39 is 41.1 Å². The van der Waals surface area contributed by atoms with E-state index in [9.17, 15) is 35.5 Å². The van der Waals surface area contributed by atoms with Crippen LogP contribution in [-0.2, 0) is 4.79 Å². The Balaban J connectivity index is 2.90. The van der Waals surface area contributed by atoms with Crippen molar-refractivity contribution in [1.82, 2.24) is 0 Å². The lowest BCUT2D eigenvalue weighted by Gasteiger charge is -2.18. The summed E-state index contributed by atoms with van der Waals surface area (Å²) in [5.74, 6) is -8.78. The molecule has 0 saturated heterocycles. The second kappa shape index (κ2) is 5.96. The second-order valence-electron chi connectivity index (χ2n) is 3.55. The van der Waals surface area contributed by atoms with Gasteiger partial charge < -0.3 is 10.1 Å². The number of alkyl halides is 7. The number of hydrogen-bond donors (Lipinski definition) is 1. The lowest BCUT2D eigenvalue weighted by atomic mass is 10.2. The number of anilines is 1. The van der Waals surface area contributed by atoms with Crippen molar-refractivity contribution in [1.29, 1.82) is 0 Å². The van der Waals surface area contributed by atoms with Gasteiger partial charge in [0.25, 0.3) is 0 Å². The number of halogens is 8. The smallest absolute Gasteiger partial charge is 0.433 e. The molecule has 0 radical (unpaired) electrons. The summed E-state index contributed by atoms with van der Waals surface area (Å²) in [6.07, 6.45) is -6.07. The number of carbonyl (C=O) groups excluding carboxylic acids is 1. The van der Waals surface area contributed by atoms with Crippen LogP contribution in [0.3, 0.4) is 0 Å². The summed E-state index contributed by atoms with van der Waals surface area (Å²) in [5.41, 5.74) is -0.546. The maximum atomic E-state index is 12.7. The molecule has 118 valence electrons. The summed E-state index contributed by atoms with van der Waals surface area (Å²) < 4.78 is 88.9. The summed E-state index contributed by atoms with van der Waals surface area (Å²) in [6.45, 7) is -3.21. The lowest BCUT2D eigenvalue weighted by Crippen LogP contribution is -2.47. The summed E-state index contributed by atoms with van der Waals surface area (Å²) in [5, 5.41) is 0.763. The third-order valence-electron chi connectivity index (χ3n) is 2.05. The molecule has 0 aliphatic rings. The van der Waals surface area contributed by atoms with E-state index in [0.717, 1.165) is 12.1 Å². The van der Waals surface area contributed by atoms with Crippen LogP contribution < -0.4 is 10.1 Å². The minimum Gasteiger partial charge on any atom is -0.433 e. The molecule has 0 aromatic heterocycles. The molecule has 0 fully saturated rings. The predicted molar refractivity (Wildman–Crippen MR) is 57.7 cm³/mol. The van der Waals surface area contributed by atoms with E-state index >= 15 is 0 Å². The monoisotopic (exact) mass is 339 g/mol. The van der Waals surface area contributed by atoms with Crippen molar-refractivity contribution < 1.29 is 40.3 Å². The highest BCUT2D eigenvalue weighted by molar-refractivity contribution is 6.32. The average Bonchev–Trinajstić information content (AvgIpc) is 2.30. The van der Waals surface area contributed by atoms with Gasteiger partial charge in [0.1, 0.15) is 5.75 Å². The molecule has 1 aromatic carbocycles. The molecule has 0 bridgehead atoms. The number of rotatable bonds is 4. The first-order valence-corrected chi connectivity index (χ1v) is 5.33. The zero-order valence-corrected chi connectivity index (χ0v) is 10.4. The molecule has 1 rings (SSSR count). The maximum Gasteiger partial charge on any atom is 0.463 e. The fraction of sp³-hybridized carbons (Fsp3) is 0.300. The summed E-state index contributed by atoms with van der Waals surface area (Å²) in [6, 6.07) is 2.23. The number of amides is 1. The van der Waals surface area contributed by atoms with E-state index in [4.69, 9.17) is 11.6 Å². The molecule has 0 saturated carbocycles. The van der Waals surface area contributed by atoms with Gasteiger partial charge in [0.05, 0.1) is 5.02 Å². The van der Waals surface area contributed by atoms with Crippen LogP contribution in [0.1, 0.15) is 0 Å². The van der Waals surface area contributed by atoms with Gasteiger partial charge in [-0.2, -0.15) is 30.7 Å². The van der Waals surface area contributed by atoms with Crippen LogP contribution in [0.2, 0.25) is 5.02 Å².